The smallest absolute Gasteiger partial charge is 0.268 e. The van der Waals surface area contributed by atoms with E-state index in [0.29, 0.717) is 5.92 Å². The zero-order valence-electron chi connectivity index (χ0n) is 13.9. The fourth-order valence-electron chi connectivity index (χ4n) is 4.47. The Kier molecular flexibility index (Phi) is 3.43. The zero-order chi connectivity index (χ0) is 17.0. The molecule has 0 saturated carbocycles. The number of carbonyl (C=O) groups is 1. The Balaban J connectivity index is 1.41. The number of aliphatic hydroxyl groups excluding tert-OH is 1. The fraction of sp³-hybridized carbons (Fsp3) is 0.474. The Morgan fingerprint density at radius 3 is 3.16 bits per heavy atom. The monoisotopic (exact) mass is 339 g/mol. The minimum Gasteiger partial charge on any atom is -0.485 e. The summed E-state index contributed by atoms with van der Waals surface area (Å²) in [6, 6.07) is 0. The molecule has 3 aliphatic heterocycles. The summed E-state index contributed by atoms with van der Waals surface area (Å²) in [6.45, 7) is 2.64. The molecular formula is C19H21N3O3. The van der Waals surface area contributed by atoms with Crippen molar-refractivity contribution in [3.05, 3.63) is 47.3 Å². The van der Waals surface area contributed by atoms with Gasteiger partial charge in [-0.3, -0.25) is 4.79 Å². The highest BCUT2D eigenvalue weighted by Crippen LogP contribution is 2.40. The molecule has 0 spiro atoms. The first-order valence-electron chi connectivity index (χ1n) is 8.94. The van der Waals surface area contributed by atoms with Gasteiger partial charge in [0, 0.05) is 30.8 Å². The quantitative estimate of drug-likeness (QED) is 0.783. The van der Waals surface area contributed by atoms with Crippen LogP contribution in [-0.4, -0.2) is 53.5 Å². The first-order chi connectivity index (χ1) is 12.2. The summed E-state index contributed by atoms with van der Waals surface area (Å²) in [6.07, 6.45) is 11.4. The predicted molar refractivity (Wildman–Crippen MR) is 92.5 cm³/mol. The van der Waals surface area contributed by atoms with Crippen LogP contribution in [0.5, 0.6) is 0 Å². The number of carbonyl (C=O) groups excluding carboxylic acids is 1. The molecule has 0 aromatic heterocycles. The minimum absolute atomic E-state index is 0.0988. The maximum atomic E-state index is 12.1. The number of nitrogens with one attached hydrogen (secondary N) is 1. The second-order valence-electron chi connectivity index (χ2n) is 7.37. The van der Waals surface area contributed by atoms with Crippen molar-refractivity contribution in [3.8, 4) is 0 Å². The van der Waals surface area contributed by atoms with Crippen molar-refractivity contribution >= 4 is 11.6 Å². The average Bonchev–Trinajstić information content (AvgIpc) is 3.02. The van der Waals surface area contributed by atoms with Gasteiger partial charge >= 0.3 is 0 Å². The summed E-state index contributed by atoms with van der Waals surface area (Å²) in [7, 11) is 0. The largest absolute Gasteiger partial charge is 0.485 e. The van der Waals surface area contributed by atoms with Crippen molar-refractivity contribution in [2.45, 2.75) is 25.0 Å². The molecule has 2 N–H and O–H groups in total. The van der Waals surface area contributed by atoms with Crippen molar-refractivity contribution in [2.24, 2.45) is 16.9 Å². The van der Waals surface area contributed by atoms with Gasteiger partial charge < -0.3 is 14.7 Å². The van der Waals surface area contributed by atoms with Gasteiger partial charge in [0.15, 0.2) is 0 Å². The summed E-state index contributed by atoms with van der Waals surface area (Å²) in [5, 5.41) is 14.1. The molecule has 1 fully saturated rings. The Labute approximate surface area is 146 Å². The SMILES string of the molecule is O=C1NN=C2C3=C(C=CC(CN4CCC(O)C4)C3)OC3C=CC=C1C23. The summed E-state index contributed by atoms with van der Waals surface area (Å²) in [5.41, 5.74) is 5.44. The third-order valence-corrected chi connectivity index (χ3v) is 5.67. The zero-order valence-corrected chi connectivity index (χ0v) is 13.9. The number of β-amino-alcohol motifs (C(OH)–C–C–N with tert-alkyl or cyclic N) is 1. The number of hydrazone groups is 1. The Hall–Kier alpha value is -2.18. The van der Waals surface area contributed by atoms with E-state index in [1.165, 1.54) is 0 Å². The molecular weight excluding hydrogens is 318 g/mol. The number of ether oxygens (including phenoxy) is 1. The molecule has 6 nitrogen and oxygen atoms in total. The minimum atomic E-state index is -0.194. The highest BCUT2D eigenvalue weighted by molar-refractivity contribution is 6.14. The third-order valence-electron chi connectivity index (χ3n) is 5.67. The first kappa shape index (κ1) is 15.1. The van der Waals surface area contributed by atoms with Crippen LogP contribution in [0.1, 0.15) is 12.8 Å². The van der Waals surface area contributed by atoms with E-state index in [1.54, 1.807) is 0 Å². The van der Waals surface area contributed by atoms with Gasteiger partial charge in [0.05, 0.1) is 17.7 Å². The topological polar surface area (TPSA) is 74.2 Å². The standard InChI is InChI=1S/C19H21N3O3/c23-12-6-7-22(10-12)9-11-4-5-15-14(8-11)18-17-13(19(24)21-20-18)2-1-3-16(17)25-15/h1-5,11-12,16-17,23H,6-10H2,(H,21,24). The van der Waals surface area contributed by atoms with Crippen molar-refractivity contribution < 1.29 is 14.6 Å². The van der Waals surface area contributed by atoms with E-state index < -0.39 is 0 Å². The predicted octanol–water partition coefficient (Wildman–Crippen LogP) is 0.880. The molecule has 4 unspecified atom stereocenters. The number of hydrogen-bond acceptors (Lipinski definition) is 5. The molecule has 0 bridgehead atoms. The van der Waals surface area contributed by atoms with Crippen LogP contribution in [0.25, 0.3) is 0 Å². The van der Waals surface area contributed by atoms with Gasteiger partial charge in [0.1, 0.15) is 11.9 Å². The van der Waals surface area contributed by atoms with Crippen molar-refractivity contribution in [2.75, 3.05) is 19.6 Å². The molecule has 0 aromatic carbocycles. The van der Waals surface area contributed by atoms with E-state index in [-0.39, 0.29) is 24.0 Å². The number of allylic oxidation sites excluding steroid dienone is 4. The van der Waals surface area contributed by atoms with Gasteiger partial charge in [-0.1, -0.05) is 18.2 Å². The maximum Gasteiger partial charge on any atom is 0.268 e. The molecule has 6 heteroatoms. The lowest BCUT2D eigenvalue weighted by Crippen LogP contribution is -2.47. The molecule has 3 heterocycles. The maximum absolute atomic E-state index is 12.1. The number of aliphatic hydroxyl groups is 1. The van der Waals surface area contributed by atoms with Gasteiger partial charge in [-0.25, -0.2) is 5.43 Å². The van der Waals surface area contributed by atoms with Crippen LogP contribution in [0.15, 0.2) is 52.4 Å². The molecule has 25 heavy (non-hydrogen) atoms. The first-order valence-corrected chi connectivity index (χ1v) is 8.94. The molecule has 0 aromatic rings. The van der Waals surface area contributed by atoms with Gasteiger partial charge in [0.25, 0.3) is 5.91 Å². The second kappa shape index (κ2) is 5.68. The molecule has 1 saturated heterocycles. The molecule has 130 valence electrons. The molecule has 4 atom stereocenters. The molecule has 5 rings (SSSR count). The highest BCUT2D eigenvalue weighted by Gasteiger charge is 2.44. The number of rotatable bonds is 2. The van der Waals surface area contributed by atoms with Crippen LogP contribution in [0, 0.1) is 11.8 Å². The van der Waals surface area contributed by atoms with Crippen LogP contribution >= 0.6 is 0 Å². The average molecular weight is 339 g/mol. The van der Waals surface area contributed by atoms with E-state index in [4.69, 9.17) is 4.74 Å². The van der Waals surface area contributed by atoms with Crippen molar-refractivity contribution in [1.82, 2.24) is 10.3 Å². The molecule has 1 amide bonds. The van der Waals surface area contributed by atoms with Crippen LogP contribution < -0.4 is 5.43 Å². The third kappa shape index (κ3) is 2.48. The van der Waals surface area contributed by atoms with Gasteiger partial charge in [0.2, 0.25) is 0 Å². The Morgan fingerprint density at radius 2 is 2.32 bits per heavy atom. The van der Waals surface area contributed by atoms with E-state index in [9.17, 15) is 9.90 Å². The number of likely N-dealkylation sites (tertiary alicyclic amines) is 1. The number of nitrogens with zero attached hydrogens (tertiary/aromatic N) is 2. The van der Waals surface area contributed by atoms with Crippen LogP contribution in [0.4, 0.5) is 0 Å². The van der Waals surface area contributed by atoms with Gasteiger partial charge in [-0.05, 0) is 30.9 Å². The van der Waals surface area contributed by atoms with Crippen molar-refractivity contribution in [3.63, 3.8) is 0 Å². The summed E-state index contributed by atoms with van der Waals surface area (Å²) < 4.78 is 6.17. The molecule has 2 aliphatic carbocycles. The number of fused-ring (bicyclic) bond motifs is 1. The molecule has 0 radical (unpaired) electrons. The summed E-state index contributed by atoms with van der Waals surface area (Å²) >= 11 is 0. The van der Waals surface area contributed by atoms with Crippen molar-refractivity contribution in [1.29, 1.82) is 0 Å². The van der Waals surface area contributed by atoms with Crippen LogP contribution in [0.3, 0.4) is 0 Å². The molecule has 5 aliphatic rings. The lowest BCUT2D eigenvalue weighted by molar-refractivity contribution is -0.118. The van der Waals surface area contributed by atoms with E-state index in [0.717, 1.165) is 55.1 Å². The normalized spacial score (nSPS) is 36.3. The fourth-order valence-corrected chi connectivity index (χ4v) is 4.47. The van der Waals surface area contributed by atoms with Crippen LogP contribution in [0.2, 0.25) is 0 Å². The lowest BCUT2D eigenvalue weighted by atomic mass is 9.75. The number of hydrogen-bond donors (Lipinski definition) is 2. The van der Waals surface area contributed by atoms with E-state index >= 15 is 0 Å². The van der Waals surface area contributed by atoms with Gasteiger partial charge in [-0.2, -0.15) is 5.10 Å². The summed E-state index contributed by atoms with van der Waals surface area (Å²) in [5.74, 6) is 1.01. The highest BCUT2D eigenvalue weighted by atomic mass is 16.5. The van der Waals surface area contributed by atoms with Gasteiger partial charge in [-0.15, -0.1) is 0 Å². The van der Waals surface area contributed by atoms with E-state index in [1.807, 2.05) is 18.2 Å². The lowest BCUT2D eigenvalue weighted by Gasteiger charge is -2.40. The Bertz CT molecular complexity index is 777. The second-order valence-corrected chi connectivity index (χ2v) is 7.37. The summed E-state index contributed by atoms with van der Waals surface area (Å²) in [4.78, 5) is 14.4. The van der Waals surface area contributed by atoms with E-state index in [2.05, 4.69) is 27.6 Å². The number of amides is 1. The Morgan fingerprint density at radius 1 is 1.40 bits per heavy atom. The van der Waals surface area contributed by atoms with Crippen LogP contribution in [-0.2, 0) is 9.53 Å².